The molecule has 0 rings (SSSR count). The Balaban J connectivity index is 3.70. The molecule has 0 atom stereocenters. The predicted molar refractivity (Wildman–Crippen MR) is 43.7 cm³/mol. The molecule has 0 aliphatic rings. The van der Waals surface area contributed by atoms with Gasteiger partial charge < -0.3 is 0 Å². The van der Waals surface area contributed by atoms with E-state index in [0.29, 0.717) is 0 Å². The second-order valence-electron chi connectivity index (χ2n) is 2.10. The zero-order valence-electron chi connectivity index (χ0n) is 5.39. The Kier molecular flexibility index (Phi) is 4.54. The molecule has 0 aliphatic heterocycles. The summed E-state index contributed by atoms with van der Waals surface area (Å²) in [6.45, 7) is -2.80. The van der Waals surface area contributed by atoms with Crippen LogP contribution in [0.15, 0.2) is 0 Å². The van der Waals surface area contributed by atoms with Crippen molar-refractivity contribution >= 4 is 40.5 Å². The molecule has 7 heteroatoms. The van der Waals surface area contributed by atoms with E-state index >= 15 is 0 Å². The van der Waals surface area contributed by atoms with Gasteiger partial charge in [-0.15, -0.1) is 33.8 Å². The standard InChI is InChI=1S/C4H6Cl3F3Si/c5-3-11(6,7)2-1-4(8,9)10/h1-3H2. The Morgan fingerprint density at radius 3 is 1.91 bits per heavy atom. The first-order valence-electron chi connectivity index (χ1n) is 2.77. The normalized spacial score (nSPS) is 13.6. The molecular weight excluding hydrogens is 239 g/mol. The molecule has 0 heterocycles. The third-order valence-electron chi connectivity index (χ3n) is 0.970. The van der Waals surface area contributed by atoms with E-state index in [2.05, 4.69) is 0 Å². The van der Waals surface area contributed by atoms with Gasteiger partial charge >= 0.3 is 6.18 Å². The van der Waals surface area contributed by atoms with Crippen molar-refractivity contribution in [3.05, 3.63) is 0 Å². The van der Waals surface area contributed by atoms with Gasteiger partial charge in [-0.1, -0.05) is 0 Å². The lowest BCUT2D eigenvalue weighted by Crippen LogP contribution is -2.24. The lowest BCUT2D eigenvalue weighted by Gasteiger charge is -2.13. The van der Waals surface area contributed by atoms with Crippen molar-refractivity contribution in [1.29, 1.82) is 0 Å². The van der Waals surface area contributed by atoms with Crippen LogP contribution in [0.1, 0.15) is 6.42 Å². The fraction of sp³-hybridized carbons (Fsp3) is 1.00. The van der Waals surface area contributed by atoms with Gasteiger partial charge in [-0.3, -0.25) is 0 Å². The van der Waals surface area contributed by atoms with Gasteiger partial charge in [-0.05, 0) is 6.04 Å². The SMILES string of the molecule is FC(F)(F)CC[Si](Cl)(Cl)CCl. The van der Waals surface area contributed by atoms with Crippen molar-refractivity contribution in [2.24, 2.45) is 0 Å². The average molecular weight is 246 g/mol. The Bertz CT molecular complexity index is 124. The monoisotopic (exact) mass is 244 g/mol. The van der Waals surface area contributed by atoms with E-state index in [-0.39, 0.29) is 11.5 Å². The minimum Gasteiger partial charge on any atom is -0.171 e. The molecule has 11 heavy (non-hydrogen) atoms. The zero-order chi connectivity index (χ0) is 9.12. The van der Waals surface area contributed by atoms with Gasteiger partial charge in [0.2, 0.25) is 0 Å². The predicted octanol–water partition coefficient (Wildman–Crippen LogP) is 3.64. The maximum atomic E-state index is 11.6. The Morgan fingerprint density at radius 1 is 1.18 bits per heavy atom. The van der Waals surface area contributed by atoms with Crippen LogP contribution >= 0.6 is 33.8 Å². The van der Waals surface area contributed by atoms with Gasteiger partial charge in [0.05, 0.1) is 0 Å². The van der Waals surface area contributed by atoms with E-state index in [4.69, 9.17) is 33.8 Å². The molecule has 0 N–H and O–H groups in total. The number of hydrogen-bond acceptors (Lipinski definition) is 0. The summed E-state index contributed by atoms with van der Waals surface area (Å²) in [7, 11) is 0. The summed E-state index contributed by atoms with van der Waals surface area (Å²) in [6.07, 6.45) is -5.13. The zero-order valence-corrected chi connectivity index (χ0v) is 8.66. The van der Waals surface area contributed by atoms with Crippen molar-refractivity contribution in [1.82, 2.24) is 0 Å². The van der Waals surface area contributed by atoms with Crippen LogP contribution in [0, 0.1) is 0 Å². The third kappa shape index (κ3) is 7.24. The fourth-order valence-corrected chi connectivity index (χ4v) is 2.14. The second kappa shape index (κ2) is 4.21. The molecule has 0 aromatic heterocycles. The molecule has 68 valence electrons. The van der Waals surface area contributed by atoms with E-state index < -0.39 is 19.3 Å². The van der Waals surface area contributed by atoms with E-state index in [1.54, 1.807) is 0 Å². The summed E-state index contributed by atoms with van der Waals surface area (Å²) in [5, 5.41) is 0. The molecule has 0 aromatic carbocycles. The molecule has 0 saturated carbocycles. The summed E-state index contributed by atoms with van der Waals surface area (Å²) in [6, 6.07) is -0.233. The second-order valence-corrected chi connectivity index (χ2v) is 10.3. The van der Waals surface area contributed by atoms with Gasteiger partial charge in [0.1, 0.15) is 0 Å². The van der Waals surface area contributed by atoms with Crippen molar-refractivity contribution < 1.29 is 13.2 Å². The number of rotatable bonds is 3. The average Bonchev–Trinajstić information content (AvgIpc) is 1.83. The molecule has 0 amide bonds. The van der Waals surface area contributed by atoms with Crippen molar-refractivity contribution in [2.75, 3.05) is 5.50 Å². The highest BCUT2D eigenvalue weighted by molar-refractivity contribution is 7.46. The van der Waals surface area contributed by atoms with Crippen LogP contribution in [0.4, 0.5) is 13.2 Å². The number of alkyl halides is 4. The Hall–Kier alpha value is 0.877. The smallest absolute Gasteiger partial charge is 0.171 e. The van der Waals surface area contributed by atoms with Gasteiger partial charge in [0.15, 0.2) is 0 Å². The molecule has 0 aromatic rings. The molecule has 0 spiro atoms. The van der Waals surface area contributed by atoms with Gasteiger partial charge in [0, 0.05) is 11.9 Å². The number of hydrogen-bond donors (Lipinski definition) is 0. The van der Waals surface area contributed by atoms with E-state index in [1.807, 2.05) is 0 Å². The molecule has 0 nitrogen and oxygen atoms in total. The van der Waals surface area contributed by atoms with Crippen molar-refractivity contribution in [2.45, 2.75) is 18.6 Å². The van der Waals surface area contributed by atoms with E-state index in [9.17, 15) is 13.2 Å². The summed E-state index contributed by atoms with van der Waals surface area (Å²) in [5.74, 6) is 0. The summed E-state index contributed by atoms with van der Waals surface area (Å²) in [5.41, 5.74) is -0.0633. The maximum absolute atomic E-state index is 11.6. The van der Waals surface area contributed by atoms with Crippen LogP contribution < -0.4 is 0 Å². The Labute approximate surface area is 78.0 Å². The minimum absolute atomic E-state index is 0.0633. The van der Waals surface area contributed by atoms with Gasteiger partial charge in [-0.2, -0.15) is 13.2 Å². The molecule has 0 fully saturated rings. The topological polar surface area (TPSA) is 0 Å². The Morgan fingerprint density at radius 2 is 1.64 bits per heavy atom. The van der Waals surface area contributed by atoms with Crippen LogP contribution in [-0.4, -0.2) is 18.4 Å². The van der Waals surface area contributed by atoms with E-state index in [1.165, 1.54) is 0 Å². The molecule has 0 bridgehead atoms. The van der Waals surface area contributed by atoms with Crippen molar-refractivity contribution in [3.63, 3.8) is 0 Å². The highest BCUT2D eigenvalue weighted by atomic mass is 35.7. The van der Waals surface area contributed by atoms with Crippen molar-refractivity contribution in [3.8, 4) is 0 Å². The molecule has 0 aliphatic carbocycles. The van der Waals surface area contributed by atoms with Gasteiger partial charge in [-0.25, -0.2) is 0 Å². The first-order valence-corrected chi connectivity index (χ1v) is 7.75. The highest BCUT2D eigenvalue weighted by Gasteiger charge is 2.35. The van der Waals surface area contributed by atoms with Crippen LogP contribution in [0.3, 0.4) is 0 Å². The quantitative estimate of drug-likeness (QED) is 0.405. The van der Waals surface area contributed by atoms with Crippen LogP contribution in [0.5, 0.6) is 0 Å². The summed E-state index contributed by atoms with van der Waals surface area (Å²) in [4.78, 5) is 0. The largest absolute Gasteiger partial charge is 0.388 e. The minimum atomic E-state index is -4.19. The summed E-state index contributed by atoms with van der Waals surface area (Å²) >= 11 is 16.3. The van der Waals surface area contributed by atoms with Crippen LogP contribution in [0.25, 0.3) is 0 Å². The van der Waals surface area contributed by atoms with Gasteiger partial charge in [0.25, 0.3) is 6.69 Å². The number of halogens is 6. The molecule has 0 unspecified atom stereocenters. The maximum Gasteiger partial charge on any atom is 0.388 e. The first-order chi connectivity index (χ1) is 4.77. The molecule has 0 radical (unpaired) electrons. The molecular formula is C4H6Cl3F3Si. The van der Waals surface area contributed by atoms with Crippen LogP contribution in [-0.2, 0) is 0 Å². The van der Waals surface area contributed by atoms with Crippen LogP contribution in [0.2, 0.25) is 6.04 Å². The fourth-order valence-electron chi connectivity index (χ4n) is 0.391. The summed E-state index contributed by atoms with van der Waals surface area (Å²) < 4.78 is 34.8. The lowest BCUT2D eigenvalue weighted by atomic mass is 10.5. The third-order valence-corrected chi connectivity index (χ3v) is 6.47. The first kappa shape index (κ1) is 11.9. The van der Waals surface area contributed by atoms with E-state index in [0.717, 1.165) is 0 Å². The molecule has 0 saturated heterocycles. The highest BCUT2D eigenvalue weighted by Crippen LogP contribution is 2.30. The lowest BCUT2D eigenvalue weighted by molar-refractivity contribution is -0.130.